The van der Waals surface area contributed by atoms with E-state index in [9.17, 15) is 9.59 Å². The summed E-state index contributed by atoms with van der Waals surface area (Å²) in [6, 6.07) is 13.5. The number of amides is 1. The molecule has 170 valence electrons. The van der Waals surface area contributed by atoms with Crippen molar-refractivity contribution in [2.24, 2.45) is 0 Å². The predicted octanol–water partition coefficient (Wildman–Crippen LogP) is 5.17. The van der Waals surface area contributed by atoms with Gasteiger partial charge in [-0.1, -0.05) is 41.9 Å². The second-order valence-corrected chi connectivity index (χ2v) is 9.79. The van der Waals surface area contributed by atoms with Gasteiger partial charge in [-0.3, -0.25) is 4.79 Å². The summed E-state index contributed by atoms with van der Waals surface area (Å²) in [7, 11) is 0. The lowest BCUT2D eigenvalue weighted by Crippen LogP contribution is -2.72. The number of benzene rings is 2. The molecule has 1 aliphatic heterocycles. The van der Waals surface area contributed by atoms with E-state index in [-0.39, 0.29) is 25.0 Å². The van der Waals surface area contributed by atoms with Crippen molar-refractivity contribution >= 4 is 29.2 Å². The second kappa shape index (κ2) is 9.24. The van der Waals surface area contributed by atoms with Crippen LogP contribution in [0.3, 0.4) is 0 Å². The fraction of sp³-hybridized carbons (Fsp3) is 0.462. The van der Waals surface area contributed by atoms with Gasteiger partial charge >= 0.3 is 5.97 Å². The van der Waals surface area contributed by atoms with E-state index in [2.05, 4.69) is 5.32 Å². The summed E-state index contributed by atoms with van der Waals surface area (Å²) in [5.74, 6) is -0.205. The molecule has 2 aromatic carbocycles. The molecule has 0 atom stereocenters. The molecule has 1 saturated carbocycles. The van der Waals surface area contributed by atoms with Crippen molar-refractivity contribution in [1.82, 2.24) is 0 Å². The molecule has 1 heterocycles. The van der Waals surface area contributed by atoms with Crippen molar-refractivity contribution in [2.45, 2.75) is 58.1 Å². The van der Waals surface area contributed by atoms with Gasteiger partial charge in [0, 0.05) is 36.4 Å². The lowest BCUT2D eigenvalue weighted by atomic mass is 9.72. The van der Waals surface area contributed by atoms with Gasteiger partial charge in [0.25, 0.3) is 5.91 Å². The van der Waals surface area contributed by atoms with Gasteiger partial charge in [0.1, 0.15) is 6.61 Å². The molecule has 2 aliphatic rings. The standard InChI is InChI=1S/C26H31ClN2O3/c1-19-15-22(27)16-20(2)24(19)28-25(31)26(11-8-12-26)29(13-6-7-14-29)17-23(30)32-18-21-9-4-3-5-10-21/h3-5,9-10,15-16H,6-8,11-14,17-18H2,1-2H3/p+1. The number of carbonyl (C=O) groups is 2. The van der Waals surface area contributed by atoms with Gasteiger partial charge in [-0.25, -0.2) is 4.79 Å². The number of esters is 1. The van der Waals surface area contributed by atoms with Crippen LogP contribution in [0.5, 0.6) is 0 Å². The molecule has 1 amide bonds. The van der Waals surface area contributed by atoms with Crippen molar-refractivity contribution in [2.75, 3.05) is 25.0 Å². The van der Waals surface area contributed by atoms with Crippen molar-refractivity contribution in [3.63, 3.8) is 0 Å². The summed E-state index contributed by atoms with van der Waals surface area (Å²) in [6.07, 6.45) is 4.66. The Balaban J connectivity index is 1.53. The molecule has 0 spiro atoms. The maximum atomic E-state index is 13.7. The first-order valence-corrected chi connectivity index (χ1v) is 11.9. The van der Waals surface area contributed by atoms with E-state index in [0.717, 1.165) is 67.6 Å². The van der Waals surface area contributed by atoms with Gasteiger partial charge < -0.3 is 14.5 Å². The van der Waals surface area contributed by atoms with E-state index in [0.29, 0.717) is 9.51 Å². The quantitative estimate of drug-likeness (QED) is 0.462. The highest BCUT2D eigenvalue weighted by Crippen LogP contribution is 2.47. The molecule has 0 bridgehead atoms. The molecule has 32 heavy (non-hydrogen) atoms. The zero-order chi connectivity index (χ0) is 22.8. The monoisotopic (exact) mass is 455 g/mol. The summed E-state index contributed by atoms with van der Waals surface area (Å²) >= 11 is 6.18. The Labute approximate surface area is 195 Å². The third-order valence-electron chi connectivity index (χ3n) is 7.34. The number of quaternary nitrogens is 1. The van der Waals surface area contributed by atoms with Crippen LogP contribution in [0.4, 0.5) is 5.69 Å². The Morgan fingerprint density at radius 2 is 1.66 bits per heavy atom. The second-order valence-electron chi connectivity index (χ2n) is 9.36. The minimum Gasteiger partial charge on any atom is -0.457 e. The molecule has 0 unspecified atom stereocenters. The Kier molecular flexibility index (Phi) is 6.59. The molecule has 2 fully saturated rings. The number of carbonyl (C=O) groups excluding carboxylic acids is 2. The molecule has 2 aromatic rings. The SMILES string of the molecule is Cc1cc(Cl)cc(C)c1NC(=O)C1([N+]2(CC(=O)OCc3ccccc3)CCCC2)CCC1. The Morgan fingerprint density at radius 3 is 2.22 bits per heavy atom. The predicted molar refractivity (Wildman–Crippen MR) is 126 cm³/mol. The molecule has 0 radical (unpaired) electrons. The Bertz CT molecular complexity index is 972. The third kappa shape index (κ3) is 4.28. The van der Waals surface area contributed by atoms with Gasteiger partial charge in [-0.2, -0.15) is 0 Å². The number of ether oxygens (including phenoxy) is 1. The number of anilines is 1. The van der Waals surface area contributed by atoms with E-state index >= 15 is 0 Å². The van der Waals surface area contributed by atoms with Crippen LogP contribution >= 0.6 is 11.6 Å². The van der Waals surface area contributed by atoms with E-state index in [1.807, 2.05) is 56.3 Å². The molecule has 5 nitrogen and oxygen atoms in total. The van der Waals surface area contributed by atoms with Crippen molar-refractivity contribution in [1.29, 1.82) is 0 Å². The molecular weight excluding hydrogens is 424 g/mol. The molecule has 6 heteroatoms. The molecule has 1 saturated heterocycles. The highest BCUT2D eigenvalue weighted by atomic mass is 35.5. The number of aryl methyl sites for hydroxylation is 2. The smallest absolute Gasteiger partial charge is 0.362 e. The zero-order valence-electron chi connectivity index (χ0n) is 19.0. The van der Waals surface area contributed by atoms with Crippen LogP contribution in [0.1, 0.15) is 48.8 Å². The van der Waals surface area contributed by atoms with E-state index in [1.165, 1.54) is 0 Å². The van der Waals surface area contributed by atoms with Crippen LogP contribution in [0.15, 0.2) is 42.5 Å². The fourth-order valence-corrected chi connectivity index (χ4v) is 5.80. The number of likely N-dealkylation sites (tertiary alicyclic amines) is 1. The first kappa shape index (κ1) is 22.8. The number of nitrogens with zero attached hydrogens (tertiary/aromatic N) is 1. The number of hydrogen-bond acceptors (Lipinski definition) is 3. The maximum Gasteiger partial charge on any atom is 0.362 e. The molecular formula is C26H32ClN2O3+. The van der Waals surface area contributed by atoms with Crippen molar-refractivity contribution < 1.29 is 18.8 Å². The molecule has 0 aromatic heterocycles. The number of nitrogens with one attached hydrogen (secondary N) is 1. The number of hydrogen-bond donors (Lipinski definition) is 1. The molecule has 1 N–H and O–H groups in total. The normalized spacial score (nSPS) is 18.6. The summed E-state index contributed by atoms with van der Waals surface area (Å²) in [6.45, 7) is 6.12. The lowest BCUT2D eigenvalue weighted by Gasteiger charge is -2.54. The van der Waals surface area contributed by atoms with Gasteiger partial charge in [0.15, 0.2) is 12.1 Å². The van der Waals surface area contributed by atoms with Gasteiger partial charge in [0.2, 0.25) is 0 Å². The van der Waals surface area contributed by atoms with Crippen LogP contribution < -0.4 is 5.32 Å². The van der Waals surface area contributed by atoms with Gasteiger partial charge in [-0.15, -0.1) is 0 Å². The van der Waals surface area contributed by atoms with Gasteiger partial charge in [-0.05, 0) is 49.1 Å². The van der Waals surface area contributed by atoms with E-state index in [1.54, 1.807) is 0 Å². The van der Waals surface area contributed by atoms with Crippen LogP contribution in [0.2, 0.25) is 5.02 Å². The average molecular weight is 456 g/mol. The lowest BCUT2D eigenvalue weighted by molar-refractivity contribution is -0.955. The molecule has 4 rings (SSSR count). The summed E-state index contributed by atoms with van der Waals surface area (Å²) < 4.78 is 6.14. The van der Waals surface area contributed by atoms with Crippen LogP contribution in [-0.4, -0.2) is 41.5 Å². The van der Waals surface area contributed by atoms with Crippen molar-refractivity contribution in [3.05, 3.63) is 64.2 Å². The largest absolute Gasteiger partial charge is 0.457 e. The number of rotatable bonds is 7. The van der Waals surface area contributed by atoms with Crippen LogP contribution in [0, 0.1) is 13.8 Å². The first-order valence-electron chi connectivity index (χ1n) is 11.5. The highest BCUT2D eigenvalue weighted by molar-refractivity contribution is 6.30. The van der Waals surface area contributed by atoms with E-state index in [4.69, 9.17) is 16.3 Å². The van der Waals surface area contributed by atoms with Crippen molar-refractivity contribution in [3.8, 4) is 0 Å². The topological polar surface area (TPSA) is 55.4 Å². The fourth-order valence-electron chi connectivity index (χ4n) is 5.48. The third-order valence-corrected chi connectivity index (χ3v) is 7.56. The number of halogens is 1. The zero-order valence-corrected chi connectivity index (χ0v) is 19.7. The average Bonchev–Trinajstić information content (AvgIpc) is 3.18. The summed E-state index contributed by atoms with van der Waals surface area (Å²) in [5, 5.41) is 3.88. The minimum atomic E-state index is -0.569. The Morgan fingerprint density at radius 1 is 1.03 bits per heavy atom. The maximum absolute atomic E-state index is 13.7. The summed E-state index contributed by atoms with van der Waals surface area (Å²) in [4.78, 5) is 26.7. The van der Waals surface area contributed by atoms with Crippen LogP contribution in [0.25, 0.3) is 0 Å². The molecule has 1 aliphatic carbocycles. The summed E-state index contributed by atoms with van der Waals surface area (Å²) in [5.41, 5.74) is 3.13. The highest BCUT2D eigenvalue weighted by Gasteiger charge is 2.62. The Hall–Kier alpha value is -2.37. The van der Waals surface area contributed by atoms with E-state index < -0.39 is 5.54 Å². The first-order chi connectivity index (χ1) is 15.4. The van der Waals surface area contributed by atoms with Crippen LogP contribution in [-0.2, 0) is 20.9 Å². The minimum absolute atomic E-state index is 0.0232. The van der Waals surface area contributed by atoms with Gasteiger partial charge in [0.05, 0.1) is 13.1 Å².